The van der Waals surface area contributed by atoms with Crippen molar-refractivity contribution >= 4 is 47.0 Å². The highest BCUT2D eigenvalue weighted by Gasteiger charge is 2.49. The predicted octanol–water partition coefficient (Wildman–Crippen LogP) is -1.00. The van der Waals surface area contributed by atoms with E-state index in [9.17, 15) is 90.7 Å². The van der Waals surface area contributed by atoms with Gasteiger partial charge in [-0.2, -0.15) is 0 Å². The number of carbonyl (C=O) groups is 4. The number of ether oxygens (including phenoxy) is 9. The Morgan fingerprint density at radius 2 is 0.892 bits per heavy atom. The topological polar surface area (TPSA) is 466 Å². The van der Waals surface area contributed by atoms with Gasteiger partial charge in [0.1, 0.15) is 128 Å². The molecule has 3 saturated heterocycles. The number of rotatable bonds is 19. The number of carboxylic acids is 1. The first-order valence-corrected chi connectivity index (χ1v) is 24.9. The van der Waals surface area contributed by atoms with Crippen LogP contribution in [-0.2, 0) is 47.6 Å². The summed E-state index contributed by atoms with van der Waals surface area (Å²) in [6.07, 6.45) is -26.6. The third-order valence-corrected chi connectivity index (χ3v) is 12.9. The Labute approximate surface area is 466 Å². The molecule has 6 unspecified atom stereocenters. The van der Waals surface area contributed by atoms with Gasteiger partial charge in [0.05, 0.1) is 11.6 Å². The number of fused-ring (bicyclic) bond motifs is 1. The molecule has 15 N–H and O–H groups in total. The third-order valence-electron chi connectivity index (χ3n) is 12.9. The molecule has 3 aliphatic heterocycles. The minimum atomic E-state index is -2.18. The van der Waals surface area contributed by atoms with Crippen LogP contribution in [0.15, 0.2) is 95.4 Å². The maximum absolute atomic E-state index is 12.7. The molecule has 0 bridgehead atoms. The van der Waals surface area contributed by atoms with Gasteiger partial charge in [0, 0.05) is 36.4 Å². The lowest BCUT2D eigenvalue weighted by atomic mass is 9.99. The van der Waals surface area contributed by atoms with E-state index in [1.807, 2.05) is 0 Å². The molecular formula is C54H55O29+. The van der Waals surface area contributed by atoms with Gasteiger partial charge in [-0.25, -0.2) is 14.0 Å². The molecule has 0 aliphatic carbocycles. The summed E-state index contributed by atoms with van der Waals surface area (Å²) >= 11 is 0. The molecule has 0 saturated carbocycles. The second-order valence-corrected chi connectivity index (χ2v) is 18.9. The van der Waals surface area contributed by atoms with E-state index in [0.29, 0.717) is 11.1 Å². The van der Waals surface area contributed by atoms with Crippen molar-refractivity contribution in [3.63, 3.8) is 0 Å². The fourth-order valence-electron chi connectivity index (χ4n) is 8.47. The van der Waals surface area contributed by atoms with E-state index in [2.05, 4.69) is 0 Å². The number of aliphatic hydroxyl groups is 9. The summed E-state index contributed by atoms with van der Waals surface area (Å²) in [7, 11) is 0. The maximum Gasteiger partial charge on any atom is 0.402 e. The van der Waals surface area contributed by atoms with Crippen LogP contribution in [0, 0.1) is 0 Å². The van der Waals surface area contributed by atoms with Gasteiger partial charge < -0.3 is 119 Å². The first-order valence-electron chi connectivity index (χ1n) is 24.9. The van der Waals surface area contributed by atoms with E-state index in [0.717, 1.165) is 42.5 Å². The van der Waals surface area contributed by atoms with Crippen molar-refractivity contribution in [2.75, 3.05) is 19.8 Å². The second-order valence-electron chi connectivity index (χ2n) is 18.9. The van der Waals surface area contributed by atoms with E-state index in [1.54, 1.807) is 0 Å². The highest BCUT2D eigenvalue weighted by molar-refractivity contribution is 5.91. The lowest BCUT2D eigenvalue weighted by molar-refractivity contribution is -0.279. The van der Waals surface area contributed by atoms with Crippen molar-refractivity contribution in [3.8, 4) is 57.3 Å². The van der Waals surface area contributed by atoms with Gasteiger partial charge >= 0.3 is 35.2 Å². The smallest absolute Gasteiger partial charge is 0.402 e. The fraction of sp³-hybridized carbons (Fsp3) is 0.352. The molecule has 29 nitrogen and oxygen atoms in total. The average Bonchev–Trinajstić information content (AvgIpc) is 3.61. The van der Waals surface area contributed by atoms with Crippen LogP contribution in [-0.4, -0.2) is 212 Å². The number of aliphatic carboxylic acids is 1. The van der Waals surface area contributed by atoms with E-state index in [4.69, 9.17) is 52.2 Å². The molecule has 0 spiro atoms. The summed E-state index contributed by atoms with van der Waals surface area (Å²) in [4.78, 5) is 48.6. The van der Waals surface area contributed by atoms with Gasteiger partial charge in [-0.3, -0.25) is 9.59 Å². The molecule has 0 amide bonds. The standard InChI is InChI=1S/C54H54O29/c55-25-7-1-22(2-8-25)5-11-38(61)74-19-34-42(65)45(68)48(71)52(81-34)78-31-13-24(14-32(41(31)64)79-53-49(72)46(69)43(66)35(82-53)20-75-39(62)12-6-23-3-9-26(56)10-4-23)51-33(17-28-29(58)15-27(57)16-30(28)77-51)80-54-50(73)47(70)44(67)36(83-54)21-76-40(63)18-37(59)60/h1-17,34-36,42-50,52-54,65-73H,18-21H2,(H5-,55,56,57,58,59,60,61,62,64)/p+1/t34?,35?,36?,42-,43-,44-,45+,46+,47+,48?,49?,50?,52-,53-,54-/m1/s1. The monoisotopic (exact) mass is 1170 g/mol. The van der Waals surface area contributed by atoms with E-state index in [-0.39, 0.29) is 22.5 Å². The molecule has 8 rings (SSSR count). The summed E-state index contributed by atoms with van der Waals surface area (Å²) < 4.78 is 56.6. The van der Waals surface area contributed by atoms with Crippen molar-refractivity contribution < 1.29 is 143 Å². The quantitative estimate of drug-likeness (QED) is 0.0155. The molecule has 83 heavy (non-hydrogen) atoms. The van der Waals surface area contributed by atoms with Crippen LogP contribution in [0.3, 0.4) is 0 Å². The Kier molecular flexibility index (Phi) is 19.2. The molecule has 4 heterocycles. The number of phenolic OH excluding ortho intramolecular Hbond substituents is 5. The van der Waals surface area contributed by atoms with Gasteiger partial charge in [-0.1, -0.05) is 24.3 Å². The van der Waals surface area contributed by atoms with Crippen LogP contribution < -0.4 is 14.2 Å². The molecule has 29 heteroatoms. The molecule has 15 atom stereocenters. The first-order chi connectivity index (χ1) is 39.4. The zero-order valence-electron chi connectivity index (χ0n) is 42.7. The van der Waals surface area contributed by atoms with Gasteiger partial charge in [0.25, 0.3) is 0 Å². The minimum absolute atomic E-state index is 0.0368. The van der Waals surface area contributed by atoms with E-state index < -0.39 is 188 Å². The molecule has 4 aromatic carbocycles. The lowest BCUT2D eigenvalue weighted by Gasteiger charge is -2.40. The summed E-state index contributed by atoms with van der Waals surface area (Å²) in [5, 5.41) is 160. The summed E-state index contributed by atoms with van der Waals surface area (Å²) in [5.74, 6) is -9.92. The van der Waals surface area contributed by atoms with Crippen molar-refractivity contribution in [3.05, 3.63) is 102 Å². The maximum atomic E-state index is 12.7. The fourth-order valence-corrected chi connectivity index (χ4v) is 8.47. The number of phenols is 5. The van der Waals surface area contributed by atoms with Gasteiger partial charge in [-0.15, -0.1) is 0 Å². The number of aliphatic hydroxyl groups excluding tert-OH is 9. The minimum Gasteiger partial charge on any atom is -0.508 e. The summed E-state index contributed by atoms with van der Waals surface area (Å²) in [6.45, 7) is -2.47. The summed E-state index contributed by atoms with van der Waals surface area (Å²) in [6, 6.07) is 16.2. The van der Waals surface area contributed by atoms with Crippen LogP contribution in [0.1, 0.15) is 17.5 Å². The number of hydrogen-bond donors (Lipinski definition) is 15. The highest BCUT2D eigenvalue weighted by Crippen LogP contribution is 2.47. The molecule has 3 fully saturated rings. The zero-order valence-corrected chi connectivity index (χ0v) is 42.7. The van der Waals surface area contributed by atoms with Crippen LogP contribution in [0.2, 0.25) is 0 Å². The number of hydrogen-bond acceptors (Lipinski definition) is 27. The second kappa shape index (κ2) is 26.2. The Morgan fingerprint density at radius 1 is 0.482 bits per heavy atom. The Bertz CT molecular complexity index is 3060. The van der Waals surface area contributed by atoms with E-state index >= 15 is 0 Å². The summed E-state index contributed by atoms with van der Waals surface area (Å²) in [5.41, 5.74) is 0.237. The Balaban J connectivity index is 1.15. The number of carbonyl (C=O) groups excluding carboxylic acids is 3. The lowest BCUT2D eigenvalue weighted by Crippen LogP contribution is -2.60. The molecule has 3 aliphatic rings. The molecule has 444 valence electrons. The highest BCUT2D eigenvalue weighted by atomic mass is 16.7. The average molecular weight is 1170 g/mol. The number of benzene rings is 4. The number of aromatic hydroxyl groups is 5. The molecule has 1 aromatic heterocycles. The molecule has 0 radical (unpaired) electrons. The SMILES string of the molecule is O=C(O)CC(=O)OCC1O[C@@H](Oc2cc3c(O)cc(O)cc3[o+]c2-c2cc(O[C@@H]3OC(COC(=O)/C=C/c4ccc(O)cc4)[C@@H](O)[C@H](O)C3O)c(O)c(O[C@@H]3OC(COC(=O)/C=C/c4ccc(O)cc4)[C@@H](O)[C@H](O)C3O)c2)C(O)[C@@H](O)[C@@H]1O. The molecular weight excluding hydrogens is 1110 g/mol. The van der Waals surface area contributed by atoms with Crippen LogP contribution in [0.4, 0.5) is 0 Å². The van der Waals surface area contributed by atoms with Gasteiger partial charge in [-0.05, 0) is 47.5 Å². The van der Waals surface area contributed by atoms with Crippen LogP contribution >= 0.6 is 0 Å². The van der Waals surface area contributed by atoms with Crippen molar-refractivity contribution in [1.82, 2.24) is 0 Å². The largest absolute Gasteiger partial charge is 0.508 e. The van der Waals surface area contributed by atoms with Gasteiger partial charge in [0.15, 0.2) is 11.5 Å². The van der Waals surface area contributed by atoms with Crippen LogP contribution in [0.25, 0.3) is 34.4 Å². The Morgan fingerprint density at radius 3 is 1.31 bits per heavy atom. The number of carboxylic acid groups (broad SMARTS) is 1. The van der Waals surface area contributed by atoms with Crippen molar-refractivity contribution in [2.24, 2.45) is 0 Å². The normalized spacial score (nSPS) is 28.1. The number of esters is 3. The molecule has 5 aromatic rings. The van der Waals surface area contributed by atoms with E-state index in [1.165, 1.54) is 60.7 Å². The third kappa shape index (κ3) is 14.6. The first kappa shape index (κ1) is 60.7. The van der Waals surface area contributed by atoms with Crippen molar-refractivity contribution in [2.45, 2.75) is 98.5 Å². The zero-order chi connectivity index (χ0) is 60.0. The van der Waals surface area contributed by atoms with Crippen LogP contribution in [0.5, 0.6) is 46.0 Å². The van der Waals surface area contributed by atoms with Crippen molar-refractivity contribution in [1.29, 1.82) is 0 Å². The van der Waals surface area contributed by atoms with Gasteiger partial charge in [0.2, 0.25) is 30.4 Å². The Hall–Kier alpha value is -8.43. The predicted molar refractivity (Wildman–Crippen MR) is 272 cm³/mol.